The standard InChI is InChI=1S/C22H23N3O6S2/c1-15-11-12-17(14-20(15)24-32(3,27)28)23-22(26)16-7-6-8-18(13-16)33(29,30)25-19-9-4-5-10-21(19)31-2/h4-14,24-25H,1-3H3,(H,23,26). The van der Waals surface area contributed by atoms with Gasteiger partial charge in [-0.1, -0.05) is 24.3 Å². The lowest BCUT2D eigenvalue weighted by atomic mass is 10.1. The molecule has 3 aromatic carbocycles. The monoisotopic (exact) mass is 489 g/mol. The fourth-order valence-electron chi connectivity index (χ4n) is 2.95. The van der Waals surface area contributed by atoms with Gasteiger partial charge >= 0.3 is 0 Å². The van der Waals surface area contributed by atoms with Crippen molar-refractivity contribution >= 4 is 43.0 Å². The summed E-state index contributed by atoms with van der Waals surface area (Å²) in [5.41, 5.74) is 1.72. The molecule has 3 aromatic rings. The second kappa shape index (κ2) is 9.51. The van der Waals surface area contributed by atoms with Crippen molar-refractivity contribution in [2.75, 3.05) is 28.1 Å². The molecule has 0 saturated carbocycles. The van der Waals surface area contributed by atoms with Crippen LogP contribution in [-0.4, -0.2) is 36.1 Å². The summed E-state index contributed by atoms with van der Waals surface area (Å²) in [4.78, 5) is 12.6. The van der Waals surface area contributed by atoms with Gasteiger partial charge in [0, 0.05) is 11.3 Å². The van der Waals surface area contributed by atoms with Crippen molar-refractivity contribution < 1.29 is 26.4 Å². The van der Waals surface area contributed by atoms with E-state index in [9.17, 15) is 21.6 Å². The van der Waals surface area contributed by atoms with E-state index in [-0.39, 0.29) is 16.1 Å². The molecule has 9 nitrogen and oxygen atoms in total. The number of hydrogen-bond acceptors (Lipinski definition) is 6. The minimum Gasteiger partial charge on any atom is -0.495 e. The maximum atomic E-state index is 12.9. The van der Waals surface area contributed by atoms with E-state index in [2.05, 4.69) is 14.8 Å². The predicted molar refractivity (Wildman–Crippen MR) is 128 cm³/mol. The van der Waals surface area contributed by atoms with E-state index in [0.29, 0.717) is 22.7 Å². The van der Waals surface area contributed by atoms with Gasteiger partial charge in [0.1, 0.15) is 5.75 Å². The first-order chi connectivity index (χ1) is 15.5. The molecule has 0 aromatic heterocycles. The van der Waals surface area contributed by atoms with Crippen molar-refractivity contribution in [3.8, 4) is 5.75 Å². The lowest BCUT2D eigenvalue weighted by Crippen LogP contribution is -2.16. The molecular weight excluding hydrogens is 466 g/mol. The number of carbonyl (C=O) groups is 1. The Morgan fingerprint density at radius 1 is 0.848 bits per heavy atom. The van der Waals surface area contributed by atoms with Crippen LogP contribution in [0.25, 0.3) is 0 Å². The van der Waals surface area contributed by atoms with Crippen LogP contribution in [0.2, 0.25) is 0 Å². The van der Waals surface area contributed by atoms with E-state index in [1.807, 2.05) is 0 Å². The first-order valence-corrected chi connectivity index (χ1v) is 13.0. The van der Waals surface area contributed by atoms with Gasteiger partial charge in [0.05, 0.1) is 29.6 Å². The molecule has 0 heterocycles. The second-order valence-corrected chi connectivity index (χ2v) is 10.6. The average Bonchev–Trinajstić information content (AvgIpc) is 2.75. The molecule has 0 atom stereocenters. The number of aryl methyl sites for hydroxylation is 1. The number of carbonyl (C=O) groups excluding carboxylic acids is 1. The van der Waals surface area contributed by atoms with E-state index in [1.54, 1.807) is 43.3 Å². The summed E-state index contributed by atoms with van der Waals surface area (Å²) in [6.45, 7) is 1.72. The zero-order chi connectivity index (χ0) is 24.2. The molecule has 0 aliphatic rings. The number of nitrogens with one attached hydrogen (secondary N) is 3. The number of hydrogen-bond donors (Lipinski definition) is 3. The summed E-state index contributed by atoms with van der Waals surface area (Å²) in [6, 6.07) is 16.9. The van der Waals surface area contributed by atoms with Crippen molar-refractivity contribution in [3.63, 3.8) is 0 Å². The molecule has 0 unspecified atom stereocenters. The Bertz CT molecular complexity index is 1400. The van der Waals surface area contributed by atoms with E-state index in [1.165, 1.54) is 37.4 Å². The predicted octanol–water partition coefficient (Wildman–Crippen LogP) is 3.43. The third-order valence-electron chi connectivity index (χ3n) is 4.55. The topological polar surface area (TPSA) is 131 Å². The van der Waals surface area contributed by atoms with Crippen LogP contribution in [0.5, 0.6) is 5.75 Å². The molecule has 0 fully saturated rings. The van der Waals surface area contributed by atoms with Crippen LogP contribution in [0.3, 0.4) is 0 Å². The summed E-state index contributed by atoms with van der Waals surface area (Å²) >= 11 is 0. The van der Waals surface area contributed by atoms with Crippen molar-refractivity contribution in [1.82, 2.24) is 0 Å². The molecule has 174 valence electrons. The van der Waals surface area contributed by atoms with Gasteiger partial charge < -0.3 is 10.1 Å². The summed E-state index contributed by atoms with van der Waals surface area (Å²) in [5, 5.41) is 2.65. The van der Waals surface area contributed by atoms with Gasteiger partial charge in [-0.15, -0.1) is 0 Å². The molecule has 11 heteroatoms. The number of rotatable bonds is 8. The fourth-order valence-corrected chi connectivity index (χ4v) is 4.69. The maximum absolute atomic E-state index is 12.9. The van der Waals surface area contributed by atoms with Gasteiger partial charge in [0.15, 0.2) is 0 Å². The lowest BCUT2D eigenvalue weighted by molar-refractivity contribution is 0.102. The van der Waals surface area contributed by atoms with Crippen LogP contribution < -0.4 is 19.5 Å². The highest BCUT2D eigenvalue weighted by Crippen LogP contribution is 2.27. The highest BCUT2D eigenvalue weighted by molar-refractivity contribution is 7.92. The smallest absolute Gasteiger partial charge is 0.262 e. The number of methoxy groups -OCH3 is 1. The van der Waals surface area contributed by atoms with Gasteiger partial charge in [0.25, 0.3) is 15.9 Å². The third-order valence-corrected chi connectivity index (χ3v) is 6.50. The van der Waals surface area contributed by atoms with E-state index >= 15 is 0 Å². The minimum atomic E-state index is -3.99. The van der Waals surface area contributed by atoms with Crippen molar-refractivity contribution in [2.45, 2.75) is 11.8 Å². The van der Waals surface area contributed by atoms with Crippen LogP contribution in [0.1, 0.15) is 15.9 Å². The molecule has 33 heavy (non-hydrogen) atoms. The summed E-state index contributed by atoms with van der Waals surface area (Å²) in [5.74, 6) is -0.202. The molecular formula is C22H23N3O6S2. The Labute approximate surface area is 192 Å². The third kappa shape index (κ3) is 6.24. The van der Waals surface area contributed by atoms with Gasteiger partial charge in [-0.05, 0) is 55.0 Å². The molecule has 1 amide bonds. The van der Waals surface area contributed by atoms with Crippen LogP contribution in [0, 0.1) is 6.92 Å². The molecule has 3 rings (SSSR count). The highest BCUT2D eigenvalue weighted by atomic mass is 32.2. The van der Waals surface area contributed by atoms with E-state index in [0.717, 1.165) is 6.26 Å². The Hall–Kier alpha value is -3.57. The first kappa shape index (κ1) is 24.1. The van der Waals surface area contributed by atoms with Crippen LogP contribution >= 0.6 is 0 Å². The average molecular weight is 490 g/mol. The van der Waals surface area contributed by atoms with Gasteiger partial charge in [-0.3, -0.25) is 14.2 Å². The maximum Gasteiger partial charge on any atom is 0.262 e. The second-order valence-electron chi connectivity index (χ2n) is 7.19. The highest BCUT2D eigenvalue weighted by Gasteiger charge is 2.18. The number of benzene rings is 3. The Morgan fingerprint density at radius 2 is 1.58 bits per heavy atom. The molecule has 0 aliphatic carbocycles. The number of sulfonamides is 2. The largest absolute Gasteiger partial charge is 0.495 e. The summed E-state index contributed by atoms with van der Waals surface area (Å²) in [7, 11) is -6.06. The van der Waals surface area contributed by atoms with Crippen LogP contribution in [-0.2, 0) is 20.0 Å². The van der Waals surface area contributed by atoms with E-state index in [4.69, 9.17) is 4.74 Å². The quantitative estimate of drug-likeness (QED) is 0.444. The molecule has 0 spiro atoms. The zero-order valence-corrected chi connectivity index (χ0v) is 19.7. The van der Waals surface area contributed by atoms with Gasteiger partial charge in [-0.2, -0.15) is 0 Å². The number of ether oxygens (including phenoxy) is 1. The number of para-hydroxylation sites is 2. The number of amides is 1. The zero-order valence-electron chi connectivity index (χ0n) is 18.1. The van der Waals surface area contributed by atoms with Crippen LogP contribution in [0.4, 0.5) is 17.1 Å². The van der Waals surface area contributed by atoms with Crippen LogP contribution in [0.15, 0.2) is 71.6 Å². The normalized spacial score (nSPS) is 11.5. The molecule has 0 saturated heterocycles. The molecule has 0 radical (unpaired) electrons. The fraction of sp³-hybridized carbons (Fsp3) is 0.136. The Balaban J connectivity index is 1.83. The minimum absolute atomic E-state index is 0.107. The SMILES string of the molecule is COc1ccccc1NS(=O)(=O)c1cccc(C(=O)Nc2ccc(C)c(NS(C)(=O)=O)c2)c1. The Morgan fingerprint density at radius 3 is 2.27 bits per heavy atom. The van der Waals surface area contributed by atoms with Gasteiger partial charge in [0.2, 0.25) is 10.0 Å². The van der Waals surface area contributed by atoms with Gasteiger partial charge in [-0.25, -0.2) is 16.8 Å². The summed E-state index contributed by atoms with van der Waals surface area (Å²) < 4.78 is 58.8. The number of anilines is 3. The van der Waals surface area contributed by atoms with Crippen molar-refractivity contribution in [1.29, 1.82) is 0 Å². The Kier molecular flexibility index (Phi) is 6.94. The van der Waals surface area contributed by atoms with E-state index < -0.39 is 26.0 Å². The molecule has 0 aliphatic heterocycles. The molecule has 3 N–H and O–H groups in total. The summed E-state index contributed by atoms with van der Waals surface area (Å²) in [6.07, 6.45) is 1.03. The lowest BCUT2D eigenvalue weighted by Gasteiger charge is -2.13. The van der Waals surface area contributed by atoms with Crippen molar-refractivity contribution in [3.05, 3.63) is 77.9 Å². The first-order valence-electron chi connectivity index (χ1n) is 9.64. The molecule has 0 bridgehead atoms. The van der Waals surface area contributed by atoms with Crippen molar-refractivity contribution in [2.24, 2.45) is 0 Å².